The average molecular weight is 378 g/mol. The molecule has 0 aliphatic heterocycles. The molecule has 0 bridgehead atoms. The summed E-state index contributed by atoms with van der Waals surface area (Å²) in [6.07, 6.45) is 0. The monoisotopic (exact) mass is 378 g/mol. The third kappa shape index (κ3) is 3.05. The quantitative estimate of drug-likeness (QED) is 0.507. The van der Waals surface area contributed by atoms with E-state index in [1.54, 1.807) is 50.1 Å². The van der Waals surface area contributed by atoms with Gasteiger partial charge >= 0.3 is 0 Å². The van der Waals surface area contributed by atoms with Crippen LogP contribution < -0.4 is 18.9 Å². The molecule has 8 nitrogen and oxygen atoms in total. The van der Waals surface area contributed by atoms with Gasteiger partial charge in [-0.2, -0.15) is 4.52 Å². The van der Waals surface area contributed by atoms with E-state index in [0.29, 0.717) is 40.3 Å². The molecule has 0 unspecified atom stereocenters. The molecule has 0 spiro atoms. The normalized spacial score (nSPS) is 10.7. The first kappa shape index (κ1) is 17.6. The van der Waals surface area contributed by atoms with Crippen LogP contribution in [0.1, 0.15) is 0 Å². The molecule has 0 atom stereocenters. The van der Waals surface area contributed by atoms with Crippen LogP contribution in [0.5, 0.6) is 28.9 Å². The zero-order valence-electron chi connectivity index (χ0n) is 15.6. The fourth-order valence-corrected chi connectivity index (χ4v) is 2.85. The molecule has 2 heterocycles. The molecule has 2 aromatic carbocycles. The maximum atomic E-state index is 5.98. The number of hydrogen-bond acceptors (Lipinski definition) is 7. The van der Waals surface area contributed by atoms with Crippen molar-refractivity contribution in [3.05, 3.63) is 54.6 Å². The van der Waals surface area contributed by atoms with Crippen LogP contribution in [-0.2, 0) is 0 Å². The number of fused-ring (bicyclic) bond motifs is 1. The maximum absolute atomic E-state index is 5.98. The van der Waals surface area contributed by atoms with Crippen molar-refractivity contribution in [1.82, 2.24) is 19.8 Å². The number of hydrogen-bond donors (Lipinski definition) is 0. The lowest BCUT2D eigenvalue weighted by Crippen LogP contribution is -2.00. The summed E-state index contributed by atoms with van der Waals surface area (Å²) >= 11 is 0. The Morgan fingerprint density at radius 1 is 0.714 bits per heavy atom. The Morgan fingerprint density at radius 2 is 1.39 bits per heavy atom. The fourth-order valence-electron chi connectivity index (χ4n) is 2.85. The van der Waals surface area contributed by atoms with Crippen molar-refractivity contribution >= 4 is 5.65 Å². The Balaban J connectivity index is 1.79. The highest BCUT2D eigenvalue weighted by Gasteiger charge is 2.17. The van der Waals surface area contributed by atoms with E-state index in [2.05, 4.69) is 15.3 Å². The molecule has 4 rings (SSSR count). The summed E-state index contributed by atoms with van der Waals surface area (Å²) in [4.78, 5) is 0. The highest BCUT2D eigenvalue weighted by Crippen LogP contribution is 2.39. The Kier molecular flexibility index (Phi) is 4.67. The van der Waals surface area contributed by atoms with E-state index in [1.807, 2.05) is 30.3 Å². The largest absolute Gasteiger partial charge is 0.496 e. The van der Waals surface area contributed by atoms with Gasteiger partial charge < -0.3 is 18.9 Å². The van der Waals surface area contributed by atoms with E-state index >= 15 is 0 Å². The van der Waals surface area contributed by atoms with E-state index in [0.717, 1.165) is 5.56 Å². The number of rotatable bonds is 6. The van der Waals surface area contributed by atoms with E-state index in [1.165, 1.54) is 0 Å². The smallest absolute Gasteiger partial charge is 0.237 e. The van der Waals surface area contributed by atoms with Gasteiger partial charge in [0.15, 0.2) is 23.0 Å². The first-order valence-corrected chi connectivity index (χ1v) is 8.50. The topological polar surface area (TPSA) is 80.0 Å². The third-order valence-electron chi connectivity index (χ3n) is 4.18. The Labute approximate surface area is 161 Å². The second kappa shape index (κ2) is 7.43. The van der Waals surface area contributed by atoms with Crippen molar-refractivity contribution < 1.29 is 18.9 Å². The number of methoxy groups -OCH3 is 3. The number of aromatic nitrogens is 4. The zero-order chi connectivity index (χ0) is 19.5. The van der Waals surface area contributed by atoms with E-state index in [9.17, 15) is 0 Å². The molecule has 8 heteroatoms. The highest BCUT2D eigenvalue weighted by molar-refractivity contribution is 5.66. The molecule has 2 aromatic heterocycles. The number of ether oxygens (including phenoxy) is 4. The van der Waals surface area contributed by atoms with E-state index in [4.69, 9.17) is 18.9 Å². The standard InChI is InChI=1S/C20H18N4O4/c1-25-14-8-5-4-7-13(14)20-22-21-17-11-12-18(23-24(17)20)28-19-15(26-2)9-6-10-16(19)27-3/h4-12H,1-3H3. The van der Waals surface area contributed by atoms with Crippen molar-refractivity contribution in [1.29, 1.82) is 0 Å². The summed E-state index contributed by atoms with van der Waals surface area (Å²) < 4.78 is 23.8. The SMILES string of the molecule is COc1ccccc1-c1nnc2ccc(Oc3c(OC)cccc3OC)nn12. The summed E-state index contributed by atoms with van der Waals surface area (Å²) in [7, 11) is 4.74. The van der Waals surface area contributed by atoms with Gasteiger partial charge in [-0.1, -0.05) is 18.2 Å². The number of nitrogens with zero attached hydrogens (tertiary/aromatic N) is 4. The van der Waals surface area contributed by atoms with E-state index < -0.39 is 0 Å². The summed E-state index contributed by atoms with van der Waals surface area (Å²) in [5.41, 5.74) is 1.36. The van der Waals surface area contributed by atoms with Crippen LogP contribution in [-0.4, -0.2) is 41.1 Å². The van der Waals surface area contributed by atoms with Gasteiger partial charge in [0, 0.05) is 6.07 Å². The summed E-state index contributed by atoms with van der Waals surface area (Å²) in [6, 6.07) is 16.4. The molecule has 0 fully saturated rings. The summed E-state index contributed by atoms with van der Waals surface area (Å²) in [6.45, 7) is 0. The van der Waals surface area contributed by atoms with Crippen LogP contribution in [0.4, 0.5) is 0 Å². The molecular formula is C20H18N4O4. The molecule has 0 aliphatic rings. The zero-order valence-corrected chi connectivity index (χ0v) is 15.6. The molecule has 0 radical (unpaired) electrons. The van der Waals surface area contributed by atoms with Gasteiger partial charge in [0.25, 0.3) is 0 Å². The average Bonchev–Trinajstić information content (AvgIpc) is 3.17. The van der Waals surface area contributed by atoms with Crippen molar-refractivity contribution in [2.45, 2.75) is 0 Å². The fraction of sp³-hybridized carbons (Fsp3) is 0.150. The first-order chi connectivity index (χ1) is 13.7. The molecule has 0 saturated heterocycles. The third-order valence-corrected chi connectivity index (χ3v) is 4.18. The van der Waals surface area contributed by atoms with Gasteiger partial charge in [0.1, 0.15) is 5.75 Å². The minimum atomic E-state index is 0.339. The predicted molar refractivity (Wildman–Crippen MR) is 102 cm³/mol. The van der Waals surface area contributed by atoms with Crippen molar-refractivity contribution in [2.75, 3.05) is 21.3 Å². The van der Waals surface area contributed by atoms with Gasteiger partial charge in [0.2, 0.25) is 11.6 Å². The van der Waals surface area contributed by atoms with Crippen LogP contribution in [0.2, 0.25) is 0 Å². The van der Waals surface area contributed by atoms with Gasteiger partial charge in [0.05, 0.1) is 26.9 Å². The molecule has 0 aliphatic carbocycles. The predicted octanol–water partition coefficient (Wildman–Crippen LogP) is 3.61. The lowest BCUT2D eigenvalue weighted by Gasteiger charge is -2.13. The molecule has 142 valence electrons. The van der Waals surface area contributed by atoms with Gasteiger partial charge in [-0.3, -0.25) is 0 Å². The first-order valence-electron chi connectivity index (χ1n) is 8.50. The number of para-hydroxylation sites is 2. The Hall–Kier alpha value is -3.81. The lowest BCUT2D eigenvalue weighted by atomic mass is 10.2. The van der Waals surface area contributed by atoms with Crippen LogP contribution in [0, 0.1) is 0 Å². The summed E-state index contributed by atoms with van der Waals surface area (Å²) in [5.74, 6) is 3.07. The van der Waals surface area contributed by atoms with Gasteiger partial charge in [-0.25, -0.2) is 0 Å². The van der Waals surface area contributed by atoms with Gasteiger partial charge in [-0.05, 0) is 30.3 Å². The highest BCUT2D eigenvalue weighted by atomic mass is 16.5. The van der Waals surface area contributed by atoms with Crippen LogP contribution in [0.15, 0.2) is 54.6 Å². The van der Waals surface area contributed by atoms with Crippen LogP contribution >= 0.6 is 0 Å². The second-order valence-corrected chi connectivity index (χ2v) is 5.76. The number of benzene rings is 2. The molecule has 0 N–H and O–H groups in total. The van der Waals surface area contributed by atoms with Crippen molar-refractivity contribution in [2.24, 2.45) is 0 Å². The van der Waals surface area contributed by atoms with Crippen LogP contribution in [0.3, 0.4) is 0 Å². The molecule has 28 heavy (non-hydrogen) atoms. The molecular weight excluding hydrogens is 360 g/mol. The maximum Gasteiger partial charge on any atom is 0.237 e. The van der Waals surface area contributed by atoms with Crippen molar-refractivity contribution in [3.8, 4) is 40.3 Å². The Morgan fingerprint density at radius 3 is 2.11 bits per heavy atom. The molecule has 4 aromatic rings. The minimum Gasteiger partial charge on any atom is -0.496 e. The molecule has 0 saturated carbocycles. The van der Waals surface area contributed by atoms with Crippen LogP contribution in [0.25, 0.3) is 17.0 Å². The Bertz CT molecular complexity index is 1100. The minimum absolute atomic E-state index is 0.339. The summed E-state index contributed by atoms with van der Waals surface area (Å²) in [5, 5.41) is 13.0. The lowest BCUT2D eigenvalue weighted by molar-refractivity contribution is 0.340. The van der Waals surface area contributed by atoms with E-state index in [-0.39, 0.29) is 0 Å². The molecule has 0 amide bonds. The van der Waals surface area contributed by atoms with Gasteiger partial charge in [-0.15, -0.1) is 15.3 Å². The van der Waals surface area contributed by atoms with Crippen molar-refractivity contribution in [3.63, 3.8) is 0 Å². The second-order valence-electron chi connectivity index (χ2n) is 5.76.